The monoisotopic (exact) mass is 346 g/mol. The fourth-order valence-electron chi connectivity index (χ4n) is 2.46. The first-order chi connectivity index (χ1) is 11.6. The van der Waals surface area contributed by atoms with E-state index >= 15 is 0 Å². The highest BCUT2D eigenvalue weighted by Gasteiger charge is 2.13. The number of rotatable bonds is 4. The summed E-state index contributed by atoms with van der Waals surface area (Å²) < 4.78 is 15.2. The molecule has 24 heavy (non-hydrogen) atoms. The number of nitrogens with zero attached hydrogens (tertiary/aromatic N) is 4. The fourth-order valence-corrected chi connectivity index (χ4v) is 3.56. The summed E-state index contributed by atoms with van der Waals surface area (Å²) in [5.74, 6) is 0.938. The van der Waals surface area contributed by atoms with Crippen LogP contribution in [0, 0.1) is 0 Å². The zero-order chi connectivity index (χ0) is 17.3. The highest BCUT2D eigenvalue weighted by atomic mass is 32.1. The topological polar surface area (TPSA) is 70.6 Å². The first kappa shape index (κ1) is 16.3. The Labute approximate surface area is 142 Å². The molecule has 0 spiro atoms. The quantitative estimate of drug-likeness (QED) is 0.726. The second-order valence-corrected chi connectivity index (χ2v) is 6.10. The number of fused-ring (bicyclic) bond motifs is 1. The van der Waals surface area contributed by atoms with Gasteiger partial charge in [0.1, 0.15) is 0 Å². The Morgan fingerprint density at radius 3 is 2.58 bits per heavy atom. The molecular formula is C16H18N4O3S. The van der Waals surface area contributed by atoms with Crippen molar-refractivity contribution in [2.24, 2.45) is 12.0 Å². The number of hydrogen-bond acceptors (Lipinski definition) is 5. The number of carbonyl (C=O) groups excluding carboxylic acids is 1. The minimum absolute atomic E-state index is 0.327. The molecule has 0 aliphatic carbocycles. The van der Waals surface area contributed by atoms with Crippen molar-refractivity contribution in [2.45, 2.75) is 13.5 Å². The van der Waals surface area contributed by atoms with E-state index in [2.05, 4.69) is 10.1 Å². The smallest absolute Gasteiger partial charge is 0.300 e. The molecule has 3 aromatic rings. The summed E-state index contributed by atoms with van der Waals surface area (Å²) in [5.41, 5.74) is 1.28. The third-order valence-electron chi connectivity index (χ3n) is 3.63. The van der Waals surface area contributed by atoms with E-state index in [4.69, 9.17) is 9.47 Å². The predicted octanol–water partition coefficient (Wildman–Crippen LogP) is 2.21. The molecule has 1 aromatic carbocycles. The molecule has 1 amide bonds. The van der Waals surface area contributed by atoms with Crippen molar-refractivity contribution in [3.8, 4) is 11.5 Å². The lowest BCUT2D eigenvalue weighted by Gasteiger charge is -2.08. The number of aromatic nitrogens is 3. The Kier molecular flexibility index (Phi) is 4.39. The highest BCUT2D eigenvalue weighted by Crippen LogP contribution is 2.33. The Balaban J connectivity index is 2.17. The van der Waals surface area contributed by atoms with Crippen LogP contribution in [0.5, 0.6) is 11.5 Å². The van der Waals surface area contributed by atoms with E-state index in [-0.39, 0.29) is 5.91 Å². The minimum Gasteiger partial charge on any atom is -0.493 e. The van der Waals surface area contributed by atoms with Crippen LogP contribution in [0.25, 0.3) is 10.2 Å². The van der Waals surface area contributed by atoms with Gasteiger partial charge < -0.3 is 14.0 Å². The van der Waals surface area contributed by atoms with Gasteiger partial charge in [-0.1, -0.05) is 11.3 Å². The van der Waals surface area contributed by atoms with Gasteiger partial charge >= 0.3 is 0 Å². The van der Waals surface area contributed by atoms with Crippen LogP contribution >= 0.6 is 11.3 Å². The maximum absolute atomic E-state index is 12.3. The predicted molar refractivity (Wildman–Crippen MR) is 91.7 cm³/mol. The van der Waals surface area contributed by atoms with Crippen LogP contribution in [0.1, 0.15) is 17.4 Å². The molecule has 0 unspecified atom stereocenters. The number of benzene rings is 1. The Hall–Kier alpha value is -2.61. The zero-order valence-corrected chi connectivity index (χ0v) is 14.8. The van der Waals surface area contributed by atoms with E-state index in [1.54, 1.807) is 38.2 Å². The van der Waals surface area contributed by atoms with Gasteiger partial charge in [-0.2, -0.15) is 10.1 Å². The number of carbonyl (C=O) groups is 1. The van der Waals surface area contributed by atoms with Crippen molar-refractivity contribution >= 4 is 27.5 Å². The van der Waals surface area contributed by atoms with Crippen molar-refractivity contribution < 1.29 is 14.3 Å². The lowest BCUT2D eigenvalue weighted by atomic mass is 10.3. The summed E-state index contributed by atoms with van der Waals surface area (Å²) >= 11 is 1.43. The van der Waals surface area contributed by atoms with Gasteiger partial charge in [0.2, 0.25) is 0 Å². The molecule has 0 radical (unpaired) electrons. The first-order valence-electron chi connectivity index (χ1n) is 7.41. The van der Waals surface area contributed by atoms with Crippen LogP contribution in [0.3, 0.4) is 0 Å². The lowest BCUT2D eigenvalue weighted by Crippen LogP contribution is -2.16. The average molecular weight is 346 g/mol. The van der Waals surface area contributed by atoms with Gasteiger partial charge in [0.25, 0.3) is 5.91 Å². The van der Waals surface area contributed by atoms with Crippen molar-refractivity contribution in [3.63, 3.8) is 0 Å². The first-order valence-corrected chi connectivity index (χ1v) is 8.23. The van der Waals surface area contributed by atoms with Gasteiger partial charge in [-0.05, 0) is 13.0 Å². The van der Waals surface area contributed by atoms with Crippen LogP contribution in [0.2, 0.25) is 0 Å². The molecular weight excluding hydrogens is 328 g/mol. The standard InChI is InChI=1S/C16H18N4O3S/c1-5-20-11-8-12(22-3)13(23-4)9-14(11)24-16(20)17-15(21)10-6-7-19(2)18-10/h6-9H,5H2,1-4H3. The number of ether oxygens (including phenoxy) is 2. The van der Waals surface area contributed by atoms with Crippen LogP contribution < -0.4 is 14.3 Å². The SMILES string of the molecule is CCn1c(=NC(=O)c2ccn(C)n2)sc2cc(OC)c(OC)cc21. The van der Waals surface area contributed by atoms with Gasteiger partial charge in [-0.3, -0.25) is 9.48 Å². The lowest BCUT2D eigenvalue weighted by molar-refractivity contribution is 0.0992. The summed E-state index contributed by atoms with van der Waals surface area (Å²) in [5, 5.41) is 4.10. The van der Waals surface area contributed by atoms with Gasteiger partial charge in [-0.15, -0.1) is 0 Å². The number of aryl methyl sites for hydroxylation is 2. The largest absolute Gasteiger partial charge is 0.493 e. The van der Waals surface area contributed by atoms with Crippen LogP contribution in [-0.2, 0) is 13.6 Å². The van der Waals surface area contributed by atoms with Crippen molar-refractivity contribution in [1.82, 2.24) is 14.3 Å². The highest BCUT2D eigenvalue weighted by molar-refractivity contribution is 7.16. The molecule has 2 heterocycles. The molecule has 0 saturated carbocycles. The number of amides is 1. The zero-order valence-electron chi connectivity index (χ0n) is 13.9. The molecule has 2 aromatic heterocycles. The van der Waals surface area contributed by atoms with E-state index in [0.717, 1.165) is 10.2 Å². The third-order valence-corrected chi connectivity index (χ3v) is 4.68. The molecule has 7 nitrogen and oxygen atoms in total. The van der Waals surface area contributed by atoms with E-state index in [1.807, 2.05) is 23.6 Å². The second kappa shape index (κ2) is 6.48. The van der Waals surface area contributed by atoms with Crippen molar-refractivity contribution in [1.29, 1.82) is 0 Å². The Morgan fingerprint density at radius 2 is 2.00 bits per heavy atom. The van der Waals surface area contributed by atoms with E-state index in [1.165, 1.54) is 11.3 Å². The van der Waals surface area contributed by atoms with Gasteiger partial charge in [0.05, 0.1) is 24.4 Å². The molecule has 0 fully saturated rings. The van der Waals surface area contributed by atoms with Crippen molar-refractivity contribution in [3.05, 3.63) is 34.9 Å². The number of hydrogen-bond donors (Lipinski definition) is 0. The van der Waals surface area contributed by atoms with Gasteiger partial charge in [0, 0.05) is 31.9 Å². The summed E-state index contributed by atoms with van der Waals surface area (Å²) in [4.78, 5) is 17.2. The molecule has 0 saturated heterocycles. The van der Waals surface area contributed by atoms with Crippen LogP contribution in [-0.4, -0.2) is 34.5 Å². The fraction of sp³-hybridized carbons (Fsp3) is 0.312. The van der Waals surface area contributed by atoms with Crippen molar-refractivity contribution in [2.75, 3.05) is 14.2 Å². The van der Waals surface area contributed by atoms with Gasteiger partial charge in [-0.25, -0.2) is 0 Å². The third kappa shape index (κ3) is 2.80. The molecule has 0 N–H and O–H groups in total. The molecule has 0 aliphatic rings. The molecule has 3 rings (SSSR count). The number of methoxy groups -OCH3 is 2. The summed E-state index contributed by atoms with van der Waals surface area (Å²) in [6.07, 6.45) is 1.72. The molecule has 8 heteroatoms. The second-order valence-electron chi connectivity index (χ2n) is 5.10. The molecule has 126 valence electrons. The Morgan fingerprint density at radius 1 is 1.29 bits per heavy atom. The minimum atomic E-state index is -0.358. The normalized spacial score (nSPS) is 11.9. The summed E-state index contributed by atoms with van der Waals surface area (Å²) in [7, 11) is 4.96. The molecule has 0 atom stereocenters. The van der Waals surface area contributed by atoms with Gasteiger partial charge in [0.15, 0.2) is 22.0 Å². The average Bonchev–Trinajstić information content (AvgIpc) is 3.16. The maximum Gasteiger partial charge on any atom is 0.300 e. The van der Waals surface area contributed by atoms with E-state index in [9.17, 15) is 4.79 Å². The number of thiazole rings is 1. The van der Waals surface area contributed by atoms with E-state index in [0.29, 0.717) is 28.5 Å². The maximum atomic E-state index is 12.3. The summed E-state index contributed by atoms with van der Waals surface area (Å²) in [6, 6.07) is 5.45. The molecule has 0 aliphatic heterocycles. The van der Waals surface area contributed by atoms with Crippen LogP contribution in [0.15, 0.2) is 29.4 Å². The Bertz CT molecular complexity index is 968. The summed E-state index contributed by atoms with van der Waals surface area (Å²) in [6.45, 7) is 2.69. The molecule has 0 bridgehead atoms. The van der Waals surface area contributed by atoms with E-state index < -0.39 is 0 Å². The van der Waals surface area contributed by atoms with Crippen LogP contribution in [0.4, 0.5) is 0 Å².